The van der Waals surface area contributed by atoms with Gasteiger partial charge in [-0.1, -0.05) is 41.4 Å². The molecule has 1 unspecified atom stereocenters. The van der Waals surface area contributed by atoms with Crippen LogP contribution >= 0.6 is 23.2 Å². The standard InChI is InChI=1S/C36H38Cl2N4O6/c1-22(43)48-31-19-24(18-30(46-2)33(31)47-3)35(45)42-17-13-36(21-42,25-8-9-26(37)27(38)20-25)12-16-41-14-10-23(11-15-41)32(44)34-39-28-6-4-5-7-29(28)40-34/h4-9,18-20,23H,10-17,21H2,1-3H3,(H,39,40). The van der Waals surface area contributed by atoms with E-state index in [9.17, 15) is 14.4 Å². The molecule has 3 aromatic carbocycles. The van der Waals surface area contributed by atoms with Gasteiger partial charge in [0.25, 0.3) is 5.91 Å². The van der Waals surface area contributed by atoms with Crippen molar-refractivity contribution in [2.45, 2.75) is 38.0 Å². The van der Waals surface area contributed by atoms with Crippen LogP contribution in [0.3, 0.4) is 0 Å². The molecule has 0 aliphatic carbocycles. The fraction of sp³-hybridized carbons (Fsp3) is 0.389. The summed E-state index contributed by atoms with van der Waals surface area (Å²) in [5.74, 6) is 0.302. The number of imidazole rings is 1. The molecule has 2 saturated heterocycles. The zero-order chi connectivity index (χ0) is 34.0. The number of para-hydroxylation sites is 2. The minimum absolute atomic E-state index is 0.0649. The Hall–Kier alpha value is -4.12. The first-order chi connectivity index (χ1) is 23.1. The van der Waals surface area contributed by atoms with E-state index >= 15 is 0 Å². The van der Waals surface area contributed by atoms with Crippen LogP contribution in [0.5, 0.6) is 17.2 Å². The van der Waals surface area contributed by atoms with E-state index in [1.54, 1.807) is 12.1 Å². The number of amides is 1. The van der Waals surface area contributed by atoms with E-state index in [2.05, 4.69) is 14.9 Å². The molecule has 0 saturated carbocycles. The van der Waals surface area contributed by atoms with Crippen LogP contribution in [0.15, 0.2) is 54.6 Å². The molecule has 6 rings (SSSR count). The van der Waals surface area contributed by atoms with Crippen molar-refractivity contribution in [2.75, 3.05) is 46.9 Å². The average molecular weight is 694 g/mol. The van der Waals surface area contributed by atoms with Gasteiger partial charge in [-0.3, -0.25) is 14.4 Å². The maximum Gasteiger partial charge on any atom is 0.308 e. The zero-order valence-electron chi connectivity index (χ0n) is 27.2. The average Bonchev–Trinajstić information content (AvgIpc) is 3.73. The summed E-state index contributed by atoms with van der Waals surface area (Å²) in [5.41, 5.74) is 2.64. The fourth-order valence-corrected chi connectivity index (χ4v) is 7.27. The largest absolute Gasteiger partial charge is 0.493 e. The number of hydrogen-bond acceptors (Lipinski definition) is 8. The Kier molecular flexibility index (Phi) is 9.96. The molecule has 0 spiro atoms. The molecule has 12 heteroatoms. The van der Waals surface area contributed by atoms with Crippen LogP contribution in [0.4, 0.5) is 0 Å². The third kappa shape index (κ3) is 6.88. The van der Waals surface area contributed by atoms with Gasteiger partial charge in [0.15, 0.2) is 17.3 Å². The second-order valence-corrected chi connectivity index (χ2v) is 13.3. The Morgan fingerprint density at radius 1 is 0.958 bits per heavy atom. The number of Topliss-reactive ketones (excluding diaryl/α,β-unsaturated/α-hetero) is 1. The Morgan fingerprint density at radius 2 is 1.71 bits per heavy atom. The molecule has 2 aliphatic heterocycles. The van der Waals surface area contributed by atoms with Crippen molar-refractivity contribution in [1.29, 1.82) is 0 Å². The predicted molar refractivity (Wildman–Crippen MR) is 184 cm³/mol. The van der Waals surface area contributed by atoms with Crippen molar-refractivity contribution in [3.63, 3.8) is 0 Å². The van der Waals surface area contributed by atoms with Crippen molar-refractivity contribution in [3.05, 3.63) is 81.6 Å². The lowest BCUT2D eigenvalue weighted by atomic mass is 9.76. The first-order valence-corrected chi connectivity index (χ1v) is 16.8. The minimum Gasteiger partial charge on any atom is -0.493 e. The monoisotopic (exact) mass is 692 g/mol. The number of piperidine rings is 1. The molecule has 10 nitrogen and oxygen atoms in total. The van der Waals surface area contributed by atoms with Crippen LogP contribution < -0.4 is 14.2 Å². The summed E-state index contributed by atoms with van der Waals surface area (Å²) in [4.78, 5) is 51.0. The third-order valence-corrected chi connectivity index (χ3v) is 10.3. The summed E-state index contributed by atoms with van der Waals surface area (Å²) < 4.78 is 16.2. The number of halogens is 2. The second kappa shape index (κ2) is 14.2. The van der Waals surface area contributed by atoms with Crippen molar-refractivity contribution in [3.8, 4) is 17.2 Å². The van der Waals surface area contributed by atoms with Gasteiger partial charge in [0.1, 0.15) is 0 Å². The predicted octanol–water partition coefficient (Wildman–Crippen LogP) is 6.58. The minimum atomic E-state index is -0.539. The molecule has 1 N–H and O–H groups in total. The molecule has 0 radical (unpaired) electrons. The molecule has 2 aliphatic rings. The van der Waals surface area contributed by atoms with E-state index < -0.39 is 5.97 Å². The molecular weight excluding hydrogens is 655 g/mol. The number of aromatic nitrogens is 2. The number of methoxy groups -OCH3 is 2. The first-order valence-electron chi connectivity index (χ1n) is 16.0. The lowest BCUT2D eigenvalue weighted by Crippen LogP contribution is -2.41. The normalized spacial score (nSPS) is 18.6. The number of ketones is 1. The van der Waals surface area contributed by atoms with E-state index in [1.807, 2.05) is 41.3 Å². The zero-order valence-corrected chi connectivity index (χ0v) is 28.7. The number of nitrogens with one attached hydrogen (secondary N) is 1. The van der Waals surface area contributed by atoms with Crippen molar-refractivity contribution < 1.29 is 28.6 Å². The molecule has 0 bridgehead atoms. The van der Waals surface area contributed by atoms with Crippen LogP contribution in [-0.4, -0.2) is 84.4 Å². The number of fused-ring (bicyclic) bond motifs is 1. The number of likely N-dealkylation sites (tertiary alicyclic amines) is 2. The number of rotatable bonds is 10. The third-order valence-electron chi connectivity index (χ3n) is 9.61. The Balaban J connectivity index is 1.17. The highest BCUT2D eigenvalue weighted by molar-refractivity contribution is 6.42. The number of ether oxygens (including phenoxy) is 3. The molecular formula is C36H38Cl2N4O6. The lowest BCUT2D eigenvalue weighted by molar-refractivity contribution is -0.132. The molecule has 3 heterocycles. The maximum atomic E-state index is 14.0. The smallest absolute Gasteiger partial charge is 0.308 e. The first kappa shape index (κ1) is 33.8. The van der Waals surface area contributed by atoms with E-state index in [0.29, 0.717) is 34.5 Å². The molecule has 1 aromatic heterocycles. The molecule has 2 fully saturated rings. The van der Waals surface area contributed by atoms with Crippen LogP contribution in [0.25, 0.3) is 11.0 Å². The van der Waals surface area contributed by atoms with Gasteiger partial charge in [-0.2, -0.15) is 0 Å². The van der Waals surface area contributed by atoms with E-state index in [4.69, 9.17) is 37.4 Å². The van der Waals surface area contributed by atoms with Gasteiger partial charge in [-0.25, -0.2) is 4.98 Å². The fourth-order valence-electron chi connectivity index (χ4n) is 6.98. The highest BCUT2D eigenvalue weighted by Gasteiger charge is 2.42. The van der Waals surface area contributed by atoms with Crippen LogP contribution in [-0.2, 0) is 10.2 Å². The van der Waals surface area contributed by atoms with Crippen molar-refractivity contribution in [2.24, 2.45) is 5.92 Å². The molecule has 4 aromatic rings. The quantitative estimate of drug-likeness (QED) is 0.113. The van der Waals surface area contributed by atoms with Crippen LogP contribution in [0, 0.1) is 5.92 Å². The molecule has 252 valence electrons. The van der Waals surface area contributed by atoms with Crippen LogP contribution in [0.1, 0.15) is 59.1 Å². The number of carbonyl (C=O) groups is 3. The summed E-state index contributed by atoms with van der Waals surface area (Å²) in [6.07, 6.45) is 3.01. The topological polar surface area (TPSA) is 114 Å². The Bertz CT molecular complexity index is 1820. The lowest BCUT2D eigenvalue weighted by Gasteiger charge is -2.36. The van der Waals surface area contributed by atoms with Gasteiger partial charge in [-0.15, -0.1) is 0 Å². The SMILES string of the molecule is COc1cc(C(=O)N2CCC(CCN3CCC(C(=O)c4nc5ccccc5[nH]4)CC3)(c3ccc(Cl)c(Cl)c3)C2)cc(OC(C)=O)c1OC. The van der Waals surface area contributed by atoms with Gasteiger partial charge in [0, 0.05) is 36.9 Å². The van der Waals surface area contributed by atoms with Crippen molar-refractivity contribution in [1.82, 2.24) is 19.8 Å². The second-order valence-electron chi connectivity index (χ2n) is 12.5. The van der Waals surface area contributed by atoms with Crippen LogP contribution in [0.2, 0.25) is 10.0 Å². The van der Waals surface area contributed by atoms with Crippen molar-refractivity contribution >= 4 is 51.9 Å². The summed E-state index contributed by atoms with van der Waals surface area (Å²) in [6, 6.07) is 16.5. The number of esters is 1. The van der Waals surface area contributed by atoms with E-state index in [1.165, 1.54) is 27.2 Å². The van der Waals surface area contributed by atoms with E-state index in [0.717, 1.165) is 61.9 Å². The number of carbonyl (C=O) groups excluding carboxylic acids is 3. The highest BCUT2D eigenvalue weighted by atomic mass is 35.5. The Labute approximate surface area is 289 Å². The van der Waals surface area contributed by atoms with Gasteiger partial charge in [-0.05, 0) is 87.3 Å². The molecule has 1 atom stereocenters. The number of nitrogens with zero attached hydrogens (tertiary/aromatic N) is 3. The van der Waals surface area contributed by atoms with E-state index in [-0.39, 0.29) is 40.3 Å². The number of hydrogen-bond donors (Lipinski definition) is 1. The number of benzene rings is 3. The van der Waals surface area contributed by atoms with Gasteiger partial charge < -0.3 is 29.0 Å². The van der Waals surface area contributed by atoms with Gasteiger partial charge in [0.05, 0.1) is 35.3 Å². The summed E-state index contributed by atoms with van der Waals surface area (Å²) in [5, 5.41) is 0.940. The molecule has 1 amide bonds. The number of aromatic amines is 1. The number of H-pyrrole nitrogens is 1. The van der Waals surface area contributed by atoms with Gasteiger partial charge in [0.2, 0.25) is 11.5 Å². The molecule has 48 heavy (non-hydrogen) atoms. The summed E-state index contributed by atoms with van der Waals surface area (Å²) in [7, 11) is 2.91. The Morgan fingerprint density at radius 3 is 2.40 bits per heavy atom. The highest BCUT2D eigenvalue weighted by Crippen LogP contribution is 2.43. The summed E-state index contributed by atoms with van der Waals surface area (Å²) in [6.45, 7) is 4.64. The maximum absolute atomic E-state index is 14.0. The van der Waals surface area contributed by atoms with Gasteiger partial charge >= 0.3 is 5.97 Å². The summed E-state index contributed by atoms with van der Waals surface area (Å²) >= 11 is 12.8.